The molecule has 0 saturated carbocycles. The number of carbonyl (C=O) groups is 2. The van der Waals surface area contributed by atoms with E-state index >= 15 is 0 Å². The number of rotatable bonds is 7. The Morgan fingerprint density at radius 1 is 0.806 bits per heavy atom. The number of amides is 2. The van der Waals surface area contributed by atoms with E-state index in [0.717, 1.165) is 17.2 Å². The fraction of sp³-hybridized carbons (Fsp3) is 0.0909. The summed E-state index contributed by atoms with van der Waals surface area (Å²) in [6, 6.07) is 21.9. The minimum atomic E-state index is -3.97. The van der Waals surface area contributed by atoms with Crippen LogP contribution >= 0.6 is 11.6 Å². The summed E-state index contributed by atoms with van der Waals surface area (Å²) < 4.78 is 27.8. The average molecular weight is 458 g/mol. The molecule has 0 aliphatic rings. The molecule has 0 atom stereocenters. The molecular formula is C22H20ClN3O4S. The second kappa shape index (κ2) is 10.2. The lowest BCUT2D eigenvalue weighted by atomic mass is 10.1. The molecule has 9 heteroatoms. The topological polar surface area (TPSA) is 104 Å². The van der Waals surface area contributed by atoms with Crippen molar-refractivity contribution in [3.63, 3.8) is 0 Å². The van der Waals surface area contributed by atoms with Crippen molar-refractivity contribution in [2.24, 2.45) is 0 Å². The van der Waals surface area contributed by atoms with Gasteiger partial charge in [0.15, 0.2) is 0 Å². The van der Waals surface area contributed by atoms with Crippen LogP contribution in [-0.4, -0.2) is 20.2 Å². The maximum atomic E-state index is 12.7. The van der Waals surface area contributed by atoms with Gasteiger partial charge < -0.3 is 0 Å². The van der Waals surface area contributed by atoms with Crippen molar-refractivity contribution in [3.05, 3.63) is 101 Å². The Balaban J connectivity index is 1.65. The molecule has 0 spiro atoms. The molecule has 0 saturated heterocycles. The third-order valence-electron chi connectivity index (χ3n) is 4.32. The van der Waals surface area contributed by atoms with E-state index in [-0.39, 0.29) is 28.4 Å². The number of hydrogen-bond acceptors (Lipinski definition) is 4. The SMILES string of the molecule is O=C(Cc1ccccc1)NNC(=O)c1ccc(Cl)c(S(=O)(=O)NCc2ccccc2)c1. The largest absolute Gasteiger partial charge is 0.273 e. The van der Waals surface area contributed by atoms with E-state index in [1.807, 2.05) is 24.3 Å². The lowest BCUT2D eigenvalue weighted by molar-refractivity contribution is -0.121. The van der Waals surface area contributed by atoms with Crippen molar-refractivity contribution in [2.75, 3.05) is 0 Å². The summed E-state index contributed by atoms with van der Waals surface area (Å²) in [5.41, 5.74) is 6.19. The maximum Gasteiger partial charge on any atom is 0.269 e. The molecule has 3 rings (SSSR count). The molecule has 0 aromatic heterocycles. The van der Waals surface area contributed by atoms with E-state index in [1.165, 1.54) is 12.1 Å². The van der Waals surface area contributed by atoms with Crippen molar-refractivity contribution in [1.29, 1.82) is 0 Å². The number of nitrogens with one attached hydrogen (secondary N) is 3. The van der Waals surface area contributed by atoms with E-state index in [1.54, 1.807) is 36.4 Å². The summed E-state index contributed by atoms with van der Waals surface area (Å²) >= 11 is 6.06. The van der Waals surface area contributed by atoms with Gasteiger partial charge in [-0.1, -0.05) is 72.3 Å². The molecule has 160 valence electrons. The minimum absolute atomic E-state index is 0.0229. The van der Waals surface area contributed by atoms with E-state index in [4.69, 9.17) is 11.6 Å². The summed E-state index contributed by atoms with van der Waals surface area (Å²) in [7, 11) is -3.97. The van der Waals surface area contributed by atoms with Gasteiger partial charge in [-0.15, -0.1) is 0 Å². The average Bonchev–Trinajstić information content (AvgIpc) is 2.78. The molecule has 31 heavy (non-hydrogen) atoms. The third-order valence-corrected chi connectivity index (χ3v) is 6.20. The van der Waals surface area contributed by atoms with Crippen molar-refractivity contribution < 1.29 is 18.0 Å². The number of carbonyl (C=O) groups excluding carboxylic acids is 2. The maximum absolute atomic E-state index is 12.7. The Morgan fingerprint density at radius 2 is 1.42 bits per heavy atom. The van der Waals surface area contributed by atoms with Gasteiger partial charge in [0.1, 0.15) is 4.90 Å². The highest BCUT2D eigenvalue weighted by Crippen LogP contribution is 2.23. The van der Waals surface area contributed by atoms with Crippen LogP contribution in [-0.2, 0) is 27.8 Å². The molecule has 7 nitrogen and oxygen atoms in total. The first kappa shape index (κ1) is 22.5. The Hall–Kier alpha value is -3.20. The third kappa shape index (κ3) is 6.39. The molecule has 2 amide bonds. The predicted octanol–water partition coefficient (Wildman–Crippen LogP) is 2.82. The first-order chi connectivity index (χ1) is 14.8. The van der Waals surface area contributed by atoms with Gasteiger partial charge in [-0.25, -0.2) is 13.1 Å². The van der Waals surface area contributed by atoms with Gasteiger partial charge >= 0.3 is 0 Å². The first-order valence-corrected chi connectivity index (χ1v) is 11.2. The summed E-state index contributed by atoms with van der Waals surface area (Å²) in [5.74, 6) is -1.08. The van der Waals surface area contributed by atoms with Crippen LogP contribution in [0.5, 0.6) is 0 Å². The van der Waals surface area contributed by atoms with Gasteiger partial charge in [0.05, 0.1) is 11.4 Å². The molecule has 0 aliphatic heterocycles. The van der Waals surface area contributed by atoms with Crippen LogP contribution in [0, 0.1) is 0 Å². The van der Waals surface area contributed by atoms with Gasteiger partial charge in [0, 0.05) is 12.1 Å². The number of sulfonamides is 1. The normalized spacial score (nSPS) is 11.0. The molecule has 0 bridgehead atoms. The highest BCUT2D eigenvalue weighted by atomic mass is 35.5. The van der Waals surface area contributed by atoms with Crippen LogP contribution in [0.25, 0.3) is 0 Å². The summed E-state index contributed by atoms with van der Waals surface area (Å²) in [6.07, 6.45) is 0.0881. The number of hydrazine groups is 1. The summed E-state index contributed by atoms with van der Waals surface area (Å²) in [5, 5.41) is -0.0229. The van der Waals surface area contributed by atoms with Crippen LogP contribution in [0.2, 0.25) is 5.02 Å². The minimum Gasteiger partial charge on any atom is -0.273 e. The molecule has 0 fully saturated rings. The van der Waals surface area contributed by atoms with E-state index in [0.29, 0.717) is 0 Å². The summed E-state index contributed by atoms with van der Waals surface area (Å²) in [4.78, 5) is 24.2. The zero-order chi connectivity index (χ0) is 22.3. The predicted molar refractivity (Wildman–Crippen MR) is 118 cm³/mol. The van der Waals surface area contributed by atoms with Crippen LogP contribution < -0.4 is 15.6 Å². The van der Waals surface area contributed by atoms with Crippen LogP contribution in [0.15, 0.2) is 83.8 Å². The molecule has 3 N–H and O–H groups in total. The number of benzene rings is 3. The fourth-order valence-electron chi connectivity index (χ4n) is 2.73. The van der Waals surface area contributed by atoms with E-state index < -0.39 is 21.8 Å². The van der Waals surface area contributed by atoms with Gasteiger partial charge in [-0.05, 0) is 29.3 Å². The van der Waals surface area contributed by atoms with Crippen LogP contribution in [0.4, 0.5) is 0 Å². The molecule has 0 unspecified atom stereocenters. The highest BCUT2D eigenvalue weighted by Gasteiger charge is 2.20. The first-order valence-electron chi connectivity index (χ1n) is 9.31. The molecule has 0 heterocycles. The van der Waals surface area contributed by atoms with Crippen molar-refractivity contribution >= 4 is 33.4 Å². The van der Waals surface area contributed by atoms with Crippen molar-refractivity contribution in [1.82, 2.24) is 15.6 Å². The van der Waals surface area contributed by atoms with Crippen LogP contribution in [0.3, 0.4) is 0 Å². The smallest absolute Gasteiger partial charge is 0.269 e. The molecular weight excluding hydrogens is 438 g/mol. The number of halogens is 1. The molecule has 3 aromatic rings. The highest BCUT2D eigenvalue weighted by molar-refractivity contribution is 7.89. The lowest BCUT2D eigenvalue weighted by Gasteiger charge is -2.11. The van der Waals surface area contributed by atoms with Gasteiger partial charge in [-0.3, -0.25) is 20.4 Å². The zero-order valence-corrected chi connectivity index (χ0v) is 17.9. The van der Waals surface area contributed by atoms with Gasteiger partial charge in [-0.2, -0.15) is 0 Å². The Labute approximate surface area is 185 Å². The number of hydrogen-bond donors (Lipinski definition) is 3. The monoisotopic (exact) mass is 457 g/mol. The quantitative estimate of drug-likeness (QED) is 0.474. The summed E-state index contributed by atoms with van der Waals surface area (Å²) in [6.45, 7) is 0.0749. The standard InChI is InChI=1S/C22H20ClN3O4S/c23-19-12-11-18(22(28)26-25-21(27)13-16-7-3-1-4-8-16)14-20(19)31(29,30)24-15-17-9-5-2-6-10-17/h1-12,14,24H,13,15H2,(H,25,27)(H,26,28). The van der Waals surface area contributed by atoms with Crippen molar-refractivity contribution in [2.45, 2.75) is 17.9 Å². The zero-order valence-electron chi connectivity index (χ0n) is 16.3. The molecule has 0 aliphatic carbocycles. The van der Waals surface area contributed by atoms with Gasteiger partial charge in [0.25, 0.3) is 5.91 Å². The fourth-order valence-corrected chi connectivity index (χ4v) is 4.27. The Kier molecular flexibility index (Phi) is 7.41. The molecule has 3 aromatic carbocycles. The van der Waals surface area contributed by atoms with E-state index in [9.17, 15) is 18.0 Å². The van der Waals surface area contributed by atoms with Crippen LogP contribution in [0.1, 0.15) is 21.5 Å². The Bertz CT molecular complexity index is 1170. The lowest BCUT2D eigenvalue weighted by Crippen LogP contribution is -2.42. The van der Waals surface area contributed by atoms with Crippen molar-refractivity contribution in [3.8, 4) is 0 Å². The molecule has 0 radical (unpaired) electrons. The second-order valence-electron chi connectivity index (χ2n) is 6.62. The Morgan fingerprint density at radius 3 is 2.06 bits per heavy atom. The van der Waals surface area contributed by atoms with E-state index in [2.05, 4.69) is 15.6 Å². The second-order valence-corrected chi connectivity index (χ2v) is 8.76. The van der Waals surface area contributed by atoms with Gasteiger partial charge in [0.2, 0.25) is 15.9 Å².